The quantitative estimate of drug-likeness (QED) is 0.822. The summed E-state index contributed by atoms with van der Waals surface area (Å²) < 4.78 is 0.732. The largest absolute Gasteiger partial charge is 0.389 e. The Bertz CT molecular complexity index is 595. The molecule has 1 aliphatic carbocycles. The van der Waals surface area contributed by atoms with Crippen LogP contribution in [-0.2, 0) is 11.2 Å². The number of piperidine rings is 1. The van der Waals surface area contributed by atoms with Crippen LogP contribution in [0.5, 0.6) is 0 Å². The van der Waals surface area contributed by atoms with E-state index in [0.717, 1.165) is 40.2 Å². The topological polar surface area (TPSA) is 56.3 Å². The van der Waals surface area contributed by atoms with Crippen molar-refractivity contribution >= 4 is 29.5 Å². The number of hydrogen-bond acceptors (Lipinski definition) is 4. The molecular weight excluding hydrogens is 304 g/mol. The Kier molecular flexibility index (Phi) is 4.21. The molecule has 0 aromatic carbocycles. The van der Waals surface area contributed by atoms with Gasteiger partial charge in [-0.3, -0.25) is 4.79 Å². The molecule has 4 nitrogen and oxygen atoms in total. The molecule has 2 unspecified atom stereocenters. The molecule has 1 amide bonds. The third-order valence-corrected chi connectivity index (χ3v) is 6.35. The highest BCUT2D eigenvalue weighted by Gasteiger charge is 2.43. The number of nitrogens with one attached hydrogen (secondary N) is 1. The van der Waals surface area contributed by atoms with Crippen molar-refractivity contribution in [1.82, 2.24) is 9.88 Å². The summed E-state index contributed by atoms with van der Waals surface area (Å²) in [4.78, 5) is 18.6. The van der Waals surface area contributed by atoms with E-state index in [-0.39, 0.29) is 11.8 Å². The molecule has 1 aromatic rings. The van der Waals surface area contributed by atoms with Gasteiger partial charge in [0.25, 0.3) is 0 Å². The van der Waals surface area contributed by atoms with Gasteiger partial charge in [0, 0.05) is 29.6 Å². The number of amides is 1. The van der Waals surface area contributed by atoms with Crippen LogP contribution in [0.3, 0.4) is 0 Å². The van der Waals surface area contributed by atoms with Crippen molar-refractivity contribution in [3.8, 4) is 0 Å². The fourth-order valence-corrected chi connectivity index (χ4v) is 4.93. The van der Waals surface area contributed by atoms with Crippen molar-refractivity contribution in [2.24, 2.45) is 5.92 Å². The van der Waals surface area contributed by atoms with E-state index in [1.54, 1.807) is 0 Å². The molecule has 2 atom stereocenters. The van der Waals surface area contributed by atoms with Crippen LogP contribution >= 0.6 is 23.6 Å². The molecule has 3 rings (SSSR count). The van der Waals surface area contributed by atoms with Gasteiger partial charge in [-0.05, 0) is 38.4 Å². The Hall–Kier alpha value is -0.720. The van der Waals surface area contributed by atoms with Crippen LogP contribution in [0.25, 0.3) is 0 Å². The number of H-pyrrole nitrogens is 1. The number of hydrogen-bond donors (Lipinski definition) is 2. The summed E-state index contributed by atoms with van der Waals surface area (Å²) in [6.45, 7) is 3.36. The minimum Gasteiger partial charge on any atom is -0.389 e. The summed E-state index contributed by atoms with van der Waals surface area (Å²) in [7, 11) is 0. The van der Waals surface area contributed by atoms with Gasteiger partial charge in [-0.2, -0.15) is 0 Å². The second kappa shape index (κ2) is 5.82. The third-order valence-electron chi connectivity index (χ3n) is 5.02. The van der Waals surface area contributed by atoms with Crippen LogP contribution in [0.2, 0.25) is 0 Å². The van der Waals surface area contributed by atoms with Gasteiger partial charge in [-0.15, -0.1) is 11.3 Å². The van der Waals surface area contributed by atoms with Crippen LogP contribution < -0.4 is 0 Å². The number of carbonyl (C=O) groups excluding carboxylic acids is 1. The molecule has 6 heteroatoms. The van der Waals surface area contributed by atoms with Crippen LogP contribution in [-0.4, -0.2) is 39.6 Å². The number of aromatic nitrogens is 1. The number of thiazole rings is 1. The van der Waals surface area contributed by atoms with Crippen LogP contribution in [0.4, 0.5) is 0 Å². The van der Waals surface area contributed by atoms with E-state index in [0.29, 0.717) is 19.5 Å². The van der Waals surface area contributed by atoms with E-state index in [1.165, 1.54) is 17.8 Å². The molecular formula is C15H22N2O2S2. The van der Waals surface area contributed by atoms with Crippen molar-refractivity contribution in [2.75, 3.05) is 13.1 Å². The van der Waals surface area contributed by atoms with Crippen LogP contribution in [0, 0.1) is 16.8 Å². The first-order valence-corrected chi connectivity index (χ1v) is 8.89. The first kappa shape index (κ1) is 15.2. The second-order valence-electron chi connectivity index (χ2n) is 6.38. The Morgan fingerprint density at radius 2 is 2.33 bits per heavy atom. The summed E-state index contributed by atoms with van der Waals surface area (Å²) in [5, 5.41) is 10.7. The average molecular weight is 326 g/mol. The maximum absolute atomic E-state index is 12.5. The van der Waals surface area contributed by atoms with Crippen molar-refractivity contribution in [1.29, 1.82) is 0 Å². The van der Waals surface area contributed by atoms with Gasteiger partial charge in [0.1, 0.15) is 0 Å². The lowest BCUT2D eigenvalue weighted by Gasteiger charge is -2.47. The number of likely N-dealkylation sites (tertiary alicyclic amines) is 1. The van der Waals surface area contributed by atoms with Crippen molar-refractivity contribution < 1.29 is 9.90 Å². The molecule has 0 spiro atoms. The van der Waals surface area contributed by atoms with E-state index < -0.39 is 5.60 Å². The Balaban J connectivity index is 1.66. The Labute approximate surface area is 134 Å². The highest BCUT2D eigenvalue weighted by Crippen LogP contribution is 2.39. The molecule has 0 radical (unpaired) electrons. The van der Waals surface area contributed by atoms with Crippen LogP contribution in [0.15, 0.2) is 0 Å². The van der Waals surface area contributed by atoms with Crippen molar-refractivity contribution in [2.45, 2.75) is 51.0 Å². The Morgan fingerprint density at radius 1 is 1.52 bits per heavy atom. The van der Waals surface area contributed by atoms with Crippen molar-refractivity contribution in [3.63, 3.8) is 0 Å². The molecule has 1 aliphatic heterocycles. The fourth-order valence-electron chi connectivity index (χ4n) is 3.65. The zero-order valence-corrected chi connectivity index (χ0v) is 14.0. The van der Waals surface area contributed by atoms with Crippen LogP contribution in [0.1, 0.15) is 42.7 Å². The monoisotopic (exact) mass is 326 g/mol. The second-order valence-corrected chi connectivity index (χ2v) is 8.15. The minimum atomic E-state index is -0.518. The summed E-state index contributed by atoms with van der Waals surface area (Å²) in [6, 6.07) is 0. The lowest BCUT2D eigenvalue weighted by molar-refractivity contribution is -0.142. The summed E-state index contributed by atoms with van der Waals surface area (Å²) >= 11 is 6.62. The number of nitrogens with zero attached hydrogens (tertiary/aromatic N) is 1. The first-order chi connectivity index (χ1) is 9.98. The molecule has 1 saturated carbocycles. The summed E-state index contributed by atoms with van der Waals surface area (Å²) in [5.41, 5.74) is 0.486. The van der Waals surface area contributed by atoms with Gasteiger partial charge < -0.3 is 15.0 Å². The molecule has 2 aliphatic rings. The number of rotatable bonds is 2. The van der Waals surface area contributed by atoms with Crippen molar-refractivity contribution in [3.05, 3.63) is 14.5 Å². The van der Waals surface area contributed by atoms with Gasteiger partial charge in [0.05, 0.1) is 12.0 Å². The lowest BCUT2D eigenvalue weighted by atomic mass is 9.71. The molecule has 1 saturated heterocycles. The molecule has 0 bridgehead atoms. The first-order valence-electron chi connectivity index (χ1n) is 7.67. The maximum atomic E-state index is 12.5. The Morgan fingerprint density at radius 3 is 3.05 bits per heavy atom. The molecule has 2 N–H and O–H groups in total. The van der Waals surface area contributed by atoms with Gasteiger partial charge in [0.2, 0.25) is 5.91 Å². The molecule has 21 heavy (non-hydrogen) atoms. The fraction of sp³-hybridized carbons (Fsp3) is 0.733. The molecule has 1 aromatic heterocycles. The smallest absolute Gasteiger partial charge is 0.227 e. The molecule has 2 fully saturated rings. The zero-order chi connectivity index (χ0) is 15.0. The van der Waals surface area contributed by atoms with E-state index >= 15 is 0 Å². The molecule has 2 heterocycles. The number of fused-ring (bicyclic) bond motifs is 1. The van der Waals surface area contributed by atoms with E-state index in [4.69, 9.17) is 12.2 Å². The predicted molar refractivity (Wildman–Crippen MR) is 86.0 cm³/mol. The highest BCUT2D eigenvalue weighted by atomic mass is 32.1. The number of aromatic amines is 1. The van der Waals surface area contributed by atoms with E-state index in [2.05, 4.69) is 4.98 Å². The maximum Gasteiger partial charge on any atom is 0.227 e. The molecule has 116 valence electrons. The number of carbonyl (C=O) groups is 1. The number of aryl methyl sites for hydroxylation is 1. The SMILES string of the molecule is Cc1[nH]c(=S)sc1CC(=O)N1CCC2(O)CCCCC2C1. The van der Waals surface area contributed by atoms with E-state index in [9.17, 15) is 9.90 Å². The normalized spacial score (nSPS) is 29.2. The summed E-state index contributed by atoms with van der Waals surface area (Å²) in [6.07, 6.45) is 5.39. The van der Waals surface area contributed by atoms with E-state index in [1.807, 2.05) is 11.8 Å². The van der Waals surface area contributed by atoms with Gasteiger partial charge in [-0.25, -0.2) is 0 Å². The standard InChI is InChI=1S/C15H22N2O2S2/c1-10-12(21-14(20)16-10)8-13(18)17-7-6-15(19)5-3-2-4-11(15)9-17/h11,19H,2-9H2,1H3,(H,16,20). The van der Waals surface area contributed by atoms with Gasteiger partial charge in [-0.1, -0.05) is 12.8 Å². The number of aliphatic hydroxyl groups is 1. The predicted octanol–water partition coefficient (Wildman–Crippen LogP) is 2.81. The highest BCUT2D eigenvalue weighted by molar-refractivity contribution is 7.73. The third kappa shape index (κ3) is 3.07. The van der Waals surface area contributed by atoms with Gasteiger partial charge in [0.15, 0.2) is 3.95 Å². The van der Waals surface area contributed by atoms with Gasteiger partial charge >= 0.3 is 0 Å². The zero-order valence-electron chi connectivity index (χ0n) is 12.4. The average Bonchev–Trinajstić information content (AvgIpc) is 2.75. The lowest BCUT2D eigenvalue weighted by Crippen LogP contribution is -2.54. The minimum absolute atomic E-state index is 0.163. The summed E-state index contributed by atoms with van der Waals surface area (Å²) in [5.74, 6) is 0.422.